The standard InChI is InChI=1S/C17H24O4/c1-4-20-15(18)17(16(19)21-5-2)10-13-8-6-7-12(3)9-14(13)11-17/h6,8-9,12-13H,4-5,7,10-11H2,1-3H3/t12-,13+/m1/s1. The maximum Gasteiger partial charge on any atom is 0.323 e. The van der Waals surface area contributed by atoms with Gasteiger partial charge >= 0.3 is 11.9 Å². The van der Waals surface area contributed by atoms with Crippen LogP contribution in [0.3, 0.4) is 0 Å². The second kappa shape index (κ2) is 6.46. The molecular weight excluding hydrogens is 268 g/mol. The minimum Gasteiger partial charge on any atom is -0.465 e. The van der Waals surface area contributed by atoms with Gasteiger partial charge in [0.25, 0.3) is 0 Å². The number of carbonyl (C=O) groups is 2. The molecule has 0 aromatic rings. The highest BCUT2D eigenvalue weighted by Gasteiger charge is 2.55. The largest absolute Gasteiger partial charge is 0.465 e. The van der Waals surface area contributed by atoms with Crippen LogP contribution < -0.4 is 0 Å². The van der Waals surface area contributed by atoms with Crippen LogP contribution in [0.25, 0.3) is 0 Å². The lowest BCUT2D eigenvalue weighted by Crippen LogP contribution is -2.40. The summed E-state index contributed by atoms with van der Waals surface area (Å²) in [7, 11) is 0. The summed E-state index contributed by atoms with van der Waals surface area (Å²) in [5, 5.41) is 0. The second-order valence-corrected chi connectivity index (χ2v) is 5.89. The fourth-order valence-corrected chi connectivity index (χ4v) is 3.26. The molecule has 2 aliphatic rings. The highest BCUT2D eigenvalue weighted by atomic mass is 16.6. The lowest BCUT2D eigenvalue weighted by atomic mass is 9.84. The van der Waals surface area contributed by atoms with Crippen LogP contribution in [-0.4, -0.2) is 25.2 Å². The Bertz CT molecular complexity index is 457. The molecule has 0 radical (unpaired) electrons. The average molecular weight is 292 g/mol. The van der Waals surface area contributed by atoms with Gasteiger partial charge in [0.15, 0.2) is 5.41 Å². The van der Waals surface area contributed by atoms with Crippen LogP contribution in [0.2, 0.25) is 0 Å². The molecule has 0 spiro atoms. The van der Waals surface area contributed by atoms with Gasteiger partial charge in [0.2, 0.25) is 0 Å². The van der Waals surface area contributed by atoms with Crippen molar-refractivity contribution in [2.45, 2.75) is 40.0 Å². The van der Waals surface area contributed by atoms with Crippen LogP contribution >= 0.6 is 0 Å². The van der Waals surface area contributed by atoms with Crippen LogP contribution in [0.4, 0.5) is 0 Å². The van der Waals surface area contributed by atoms with Crippen molar-refractivity contribution in [1.29, 1.82) is 0 Å². The Morgan fingerprint density at radius 1 is 1.24 bits per heavy atom. The zero-order valence-electron chi connectivity index (χ0n) is 13.1. The number of fused-ring (bicyclic) bond motifs is 1. The number of hydrogen-bond donors (Lipinski definition) is 0. The molecule has 2 rings (SSSR count). The second-order valence-electron chi connectivity index (χ2n) is 5.89. The zero-order valence-corrected chi connectivity index (χ0v) is 13.1. The van der Waals surface area contributed by atoms with Crippen molar-refractivity contribution >= 4 is 11.9 Å². The third-order valence-electron chi connectivity index (χ3n) is 4.26. The first-order valence-corrected chi connectivity index (χ1v) is 7.75. The molecule has 2 aliphatic carbocycles. The lowest BCUT2D eigenvalue weighted by Gasteiger charge is -2.24. The number of carbonyl (C=O) groups excluding carboxylic acids is 2. The topological polar surface area (TPSA) is 52.6 Å². The summed E-state index contributed by atoms with van der Waals surface area (Å²) < 4.78 is 10.3. The number of rotatable bonds is 4. The Kier molecular flexibility index (Phi) is 4.86. The minimum atomic E-state index is -1.16. The van der Waals surface area contributed by atoms with Gasteiger partial charge in [0, 0.05) is 0 Å². The number of allylic oxidation sites excluding steroid dienone is 4. The zero-order chi connectivity index (χ0) is 15.5. The molecule has 0 N–H and O–H groups in total. The van der Waals surface area contributed by atoms with E-state index in [1.165, 1.54) is 0 Å². The molecule has 0 heterocycles. The van der Waals surface area contributed by atoms with E-state index in [2.05, 4.69) is 25.2 Å². The Morgan fingerprint density at radius 2 is 1.86 bits per heavy atom. The van der Waals surface area contributed by atoms with Crippen LogP contribution in [0.5, 0.6) is 0 Å². The first-order chi connectivity index (χ1) is 10.0. The molecule has 116 valence electrons. The van der Waals surface area contributed by atoms with Gasteiger partial charge < -0.3 is 9.47 Å². The predicted molar refractivity (Wildman–Crippen MR) is 79.4 cm³/mol. The fraction of sp³-hybridized carbons (Fsp3) is 0.647. The van der Waals surface area contributed by atoms with Crippen molar-refractivity contribution in [1.82, 2.24) is 0 Å². The maximum absolute atomic E-state index is 12.4. The molecule has 0 aromatic carbocycles. The van der Waals surface area contributed by atoms with E-state index in [1.807, 2.05) is 0 Å². The van der Waals surface area contributed by atoms with E-state index < -0.39 is 17.4 Å². The molecular formula is C17H24O4. The third kappa shape index (κ3) is 3.04. The molecule has 4 heteroatoms. The summed E-state index contributed by atoms with van der Waals surface area (Å²) in [5.41, 5.74) is 0.00144. The van der Waals surface area contributed by atoms with Gasteiger partial charge in [-0.1, -0.05) is 30.7 Å². The Morgan fingerprint density at radius 3 is 2.43 bits per heavy atom. The van der Waals surface area contributed by atoms with Gasteiger partial charge in [-0.25, -0.2) is 0 Å². The van der Waals surface area contributed by atoms with E-state index in [-0.39, 0.29) is 19.1 Å². The highest BCUT2D eigenvalue weighted by molar-refractivity contribution is 6.01. The SMILES string of the molecule is CCOC(=O)C1(C(=O)OCC)CC2=C[C@H](C)CC=C[C@H]2C1. The van der Waals surface area contributed by atoms with Crippen LogP contribution in [0.15, 0.2) is 23.8 Å². The normalized spacial score (nSPS) is 26.5. The van der Waals surface area contributed by atoms with Crippen molar-refractivity contribution in [3.8, 4) is 0 Å². The summed E-state index contributed by atoms with van der Waals surface area (Å²) in [6.45, 7) is 6.20. The Labute approximate surface area is 126 Å². The molecule has 4 nitrogen and oxygen atoms in total. The highest BCUT2D eigenvalue weighted by Crippen LogP contribution is 2.49. The molecule has 0 unspecified atom stereocenters. The van der Waals surface area contributed by atoms with E-state index in [1.54, 1.807) is 13.8 Å². The van der Waals surface area contributed by atoms with Crippen molar-refractivity contribution in [3.05, 3.63) is 23.8 Å². The number of ether oxygens (including phenoxy) is 2. The summed E-state index contributed by atoms with van der Waals surface area (Å²) in [5.74, 6) is -0.317. The summed E-state index contributed by atoms with van der Waals surface area (Å²) >= 11 is 0. The summed E-state index contributed by atoms with van der Waals surface area (Å²) in [6, 6.07) is 0. The smallest absolute Gasteiger partial charge is 0.323 e. The lowest BCUT2D eigenvalue weighted by molar-refractivity contribution is -0.171. The van der Waals surface area contributed by atoms with Gasteiger partial charge in [-0.15, -0.1) is 0 Å². The van der Waals surface area contributed by atoms with Gasteiger partial charge in [0.1, 0.15) is 0 Å². The van der Waals surface area contributed by atoms with Gasteiger partial charge in [-0.05, 0) is 44.9 Å². The first kappa shape index (κ1) is 15.8. The fourth-order valence-electron chi connectivity index (χ4n) is 3.26. The first-order valence-electron chi connectivity index (χ1n) is 7.75. The van der Waals surface area contributed by atoms with E-state index in [4.69, 9.17) is 9.47 Å². The van der Waals surface area contributed by atoms with E-state index in [9.17, 15) is 9.59 Å². The monoisotopic (exact) mass is 292 g/mol. The van der Waals surface area contributed by atoms with Crippen LogP contribution in [0, 0.1) is 17.3 Å². The number of esters is 2. The minimum absolute atomic E-state index is 0.142. The van der Waals surface area contributed by atoms with Crippen molar-refractivity contribution in [2.75, 3.05) is 13.2 Å². The van der Waals surface area contributed by atoms with Crippen molar-refractivity contribution in [3.63, 3.8) is 0 Å². The molecule has 2 atom stereocenters. The van der Waals surface area contributed by atoms with Gasteiger partial charge in [-0.3, -0.25) is 9.59 Å². The van der Waals surface area contributed by atoms with E-state index in [0.29, 0.717) is 18.8 Å². The van der Waals surface area contributed by atoms with Crippen LogP contribution in [-0.2, 0) is 19.1 Å². The summed E-state index contributed by atoms with van der Waals surface area (Å²) in [4.78, 5) is 24.8. The molecule has 0 bridgehead atoms. The van der Waals surface area contributed by atoms with E-state index >= 15 is 0 Å². The van der Waals surface area contributed by atoms with Crippen LogP contribution in [0.1, 0.15) is 40.0 Å². The number of hydrogen-bond acceptors (Lipinski definition) is 4. The predicted octanol–water partition coefficient (Wildman–Crippen LogP) is 3.03. The average Bonchev–Trinajstić information content (AvgIpc) is 2.71. The molecule has 0 saturated heterocycles. The van der Waals surface area contributed by atoms with Crippen molar-refractivity contribution < 1.29 is 19.1 Å². The molecule has 21 heavy (non-hydrogen) atoms. The molecule has 0 amide bonds. The quantitative estimate of drug-likeness (QED) is 0.454. The van der Waals surface area contributed by atoms with Crippen molar-refractivity contribution in [2.24, 2.45) is 17.3 Å². The van der Waals surface area contributed by atoms with E-state index in [0.717, 1.165) is 12.0 Å². The Hall–Kier alpha value is -1.58. The third-order valence-corrected chi connectivity index (χ3v) is 4.26. The molecule has 1 fully saturated rings. The van der Waals surface area contributed by atoms with Gasteiger partial charge in [-0.2, -0.15) is 0 Å². The molecule has 0 aliphatic heterocycles. The summed E-state index contributed by atoms with van der Waals surface area (Å²) in [6.07, 6.45) is 8.35. The molecule has 0 aromatic heterocycles. The molecule has 1 saturated carbocycles. The van der Waals surface area contributed by atoms with Gasteiger partial charge in [0.05, 0.1) is 13.2 Å². The maximum atomic E-state index is 12.4. The Balaban J connectivity index is 2.33.